The Hall–Kier alpha value is -2.62. The number of rotatable bonds is 7. The van der Waals surface area contributed by atoms with E-state index in [2.05, 4.69) is 15.5 Å². The Balaban J connectivity index is 0.00000484. The van der Waals surface area contributed by atoms with E-state index in [-0.39, 0.29) is 68.6 Å². The van der Waals surface area contributed by atoms with Crippen LogP contribution in [-0.2, 0) is 19.8 Å². The SMILES string of the molecule is CC(C)(C)C(=O)CN1C(=O)[C@H](NC(=O)Nc2cccc(C(C)(C)C(=O)[O-])c2)CN(C2CCCCC2)c2ccccc21.[Ca+2]. The van der Waals surface area contributed by atoms with Crippen molar-refractivity contribution in [3.63, 3.8) is 0 Å². The molecule has 0 bridgehead atoms. The molecular weight excluding hydrogens is 560 g/mol. The molecule has 220 valence electrons. The minimum Gasteiger partial charge on any atom is -0.549 e. The van der Waals surface area contributed by atoms with E-state index in [1.165, 1.54) is 25.2 Å². The van der Waals surface area contributed by atoms with Crippen molar-refractivity contribution in [2.45, 2.75) is 84.2 Å². The molecule has 4 rings (SSSR count). The Morgan fingerprint density at radius 3 is 2.19 bits per heavy atom. The summed E-state index contributed by atoms with van der Waals surface area (Å²) in [6.07, 6.45) is 5.35. The number of Topliss-reactive ketones (excluding diaryl/α,β-unsaturated/α-hetero) is 1. The summed E-state index contributed by atoms with van der Waals surface area (Å²) < 4.78 is 0. The summed E-state index contributed by atoms with van der Waals surface area (Å²) in [6, 6.07) is 12.9. The predicted octanol–water partition coefficient (Wildman–Crippen LogP) is 3.62. The van der Waals surface area contributed by atoms with Crippen LogP contribution < -0.4 is 25.5 Å². The summed E-state index contributed by atoms with van der Waals surface area (Å²) in [5.41, 5.74) is 0.528. The number of carboxylic acid groups (broad SMARTS) is 1. The first-order valence-electron chi connectivity index (χ1n) is 14.4. The topological polar surface area (TPSA) is 122 Å². The van der Waals surface area contributed by atoms with E-state index in [1.54, 1.807) is 24.3 Å². The first kappa shape index (κ1) is 33.9. The average molecular weight is 602 g/mol. The number of urea groups is 1. The Labute approximate surface area is 278 Å². The molecule has 2 N–H and O–H groups in total. The second kappa shape index (κ2) is 13.8. The third-order valence-corrected chi connectivity index (χ3v) is 8.24. The number of carboxylic acids is 1. The van der Waals surface area contributed by atoms with Gasteiger partial charge in [0.15, 0.2) is 5.78 Å². The Morgan fingerprint density at radius 2 is 1.57 bits per heavy atom. The van der Waals surface area contributed by atoms with Crippen LogP contribution in [0, 0.1) is 5.41 Å². The monoisotopic (exact) mass is 601 g/mol. The molecule has 3 amide bonds. The smallest absolute Gasteiger partial charge is 0.549 e. The predicted molar refractivity (Wildman–Crippen MR) is 164 cm³/mol. The van der Waals surface area contributed by atoms with Crippen molar-refractivity contribution >= 4 is 78.5 Å². The van der Waals surface area contributed by atoms with Gasteiger partial charge in [0, 0.05) is 29.1 Å². The summed E-state index contributed by atoms with van der Waals surface area (Å²) in [6.45, 7) is 8.74. The number of carbonyl (C=O) groups is 4. The molecule has 1 heterocycles. The number of carbonyl (C=O) groups excluding carboxylic acids is 4. The van der Waals surface area contributed by atoms with Crippen LogP contribution in [0.25, 0.3) is 0 Å². The van der Waals surface area contributed by atoms with Crippen LogP contribution in [0.3, 0.4) is 0 Å². The molecule has 0 unspecified atom stereocenters. The summed E-state index contributed by atoms with van der Waals surface area (Å²) in [5.74, 6) is -1.66. The summed E-state index contributed by atoms with van der Waals surface area (Å²) >= 11 is 0. The van der Waals surface area contributed by atoms with Gasteiger partial charge in [-0.1, -0.05) is 78.1 Å². The Morgan fingerprint density at radius 1 is 0.929 bits per heavy atom. The van der Waals surface area contributed by atoms with Gasteiger partial charge in [-0.15, -0.1) is 0 Å². The molecular formula is C32H41CaN4O5+. The zero-order valence-corrected chi connectivity index (χ0v) is 27.6. The van der Waals surface area contributed by atoms with Crippen molar-refractivity contribution in [3.05, 3.63) is 54.1 Å². The van der Waals surface area contributed by atoms with Gasteiger partial charge in [-0.05, 0) is 42.7 Å². The number of aliphatic carboxylic acids is 1. The molecule has 1 aliphatic carbocycles. The van der Waals surface area contributed by atoms with Crippen LogP contribution in [0.5, 0.6) is 0 Å². The van der Waals surface area contributed by atoms with Gasteiger partial charge in [-0.2, -0.15) is 0 Å². The molecule has 42 heavy (non-hydrogen) atoms. The first-order valence-corrected chi connectivity index (χ1v) is 14.4. The van der Waals surface area contributed by atoms with Crippen LogP contribution in [0.4, 0.5) is 21.9 Å². The van der Waals surface area contributed by atoms with E-state index in [1.807, 2.05) is 45.0 Å². The summed E-state index contributed by atoms with van der Waals surface area (Å²) in [5, 5.41) is 17.2. The van der Waals surface area contributed by atoms with Crippen molar-refractivity contribution in [2.24, 2.45) is 5.41 Å². The van der Waals surface area contributed by atoms with Crippen molar-refractivity contribution in [1.82, 2.24) is 5.32 Å². The maximum absolute atomic E-state index is 14.1. The van der Waals surface area contributed by atoms with Crippen molar-refractivity contribution in [3.8, 4) is 0 Å². The molecule has 10 heteroatoms. The maximum atomic E-state index is 14.1. The number of ketones is 1. The minimum atomic E-state index is -1.25. The van der Waals surface area contributed by atoms with Gasteiger partial charge in [0.05, 0.1) is 23.9 Å². The molecule has 1 saturated carbocycles. The quantitative estimate of drug-likeness (QED) is 0.468. The van der Waals surface area contributed by atoms with Crippen molar-refractivity contribution < 1.29 is 24.3 Å². The van der Waals surface area contributed by atoms with Gasteiger partial charge in [0.1, 0.15) is 6.04 Å². The fraction of sp³-hybridized carbons (Fsp3) is 0.500. The molecule has 0 spiro atoms. The number of hydrogen-bond acceptors (Lipinski definition) is 6. The Kier molecular flexibility index (Phi) is 11.1. The average Bonchev–Trinajstić information content (AvgIpc) is 3.03. The van der Waals surface area contributed by atoms with E-state index in [0.717, 1.165) is 31.4 Å². The van der Waals surface area contributed by atoms with Crippen LogP contribution >= 0.6 is 0 Å². The number of hydrogen-bond donors (Lipinski definition) is 2. The molecule has 0 saturated heterocycles. The second-order valence-electron chi connectivity index (χ2n) is 12.7. The fourth-order valence-corrected chi connectivity index (χ4v) is 5.43. The van der Waals surface area contributed by atoms with Gasteiger partial charge < -0.3 is 30.3 Å². The van der Waals surface area contributed by atoms with E-state index < -0.39 is 28.9 Å². The fourth-order valence-electron chi connectivity index (χ4n) is 5.43. The normalized spacial score (nSPS) is 17.9. The third kappa shape index (κ3) is 7.66. The molecule has 2 aromatic carbocycles. The zero-order chi connectivity index (χ0) is 29.9. The number of nitrogens with one attached hydrogen (secondary N) is 2. The van der Waals surface area contributed by atoms with Crippen LogP contribution in [0.1, 0.15) is 72.3 Å². The van der Waals surface area contributed by atoms with Gasteiger partial charge in [-0.25, -0.2) is 4.79 Å². The molecule has 0 radical (unpaired) electrons. The summed E-state index contributed by atoms with van der Waals surface area (Å²) in [4.78, 5) is 55.9. The van der Waals surface area contributed by atoms with Gasteiger partial charge >= 0.3 is 43.8 Å². The second-order valence-corrected chi connectivity index (χ2v) is 12.7. The summed E-state index contributed by atoms with van der Waals surface area (Å²) in [7, 11) is 0. The van der Waals surface area contributed by atoms with Gasteiger partial charge in [-0.3, -0.25) is 9.59 Å². The van der Waals surface area contributed by atoms with E-state index >= 15 is 0 Å². The number of amides is 3. The molecule has 9 nitrogen and oxygen atoms in total. The number of nitrogens with zero attached hydrogens (tertiary/aromatic N) is 2. The molecule has 1 atom stereocenters. The zero-order valence-electron chi connectivity index (χ0n) is 25.4. The third-order valence-electron chi connectivity index (χ3n) is 8.24. The number of benzene rings is 2. The molecule has 1 fully saturated rings. The number of anilines is 3. The Bertz CT molecular complexity index is 1320. The van der Waals surface area contributed by atoms with Gasteiger partial charge in [0.25, 0.3) is 5.91 Å². The van der Waals surface area contributed by atoms with E-state index in [4.69, 9.17) is 0 Å². The molecule has 2 aromatic rings. The van der Waals surface area contributed by atoms with E-state index in [0.29, 0.717) is 16.9 Å². The van der Waals surface area contributed by atoms with Gasteiger partial charge in [0.2, 0.25) is 0 Å². The molecule has 2 aliphatic rings. The molecule has 1 aliphatic heterocycles. The van der Waals surface area contributed by atoms with Crippen LogP contribution in [0.15, 0.2) is 48.5 Å². The van der Waals surface area contributed by atoms with Crippen molar-refractivity contribution in [2.75, 3.05) is 28.2 Å². The standard InChI is InChI=1S/C32H42N4O5.Ca/c1-31(2,3)27(37)20-36-26-17-10-9-16-25(26)35(23-14-7-6-8-15-23)19-24(28(36)38)34-30(41)33-22-13-11-12-21(18-22)32(4,5)29(39)40;/h9-13,16-18,23-24H,6-8,14-15,19-20H2,1-5H3,(H,39,40)(H2,33,34,41);/q;+2/p-1/t24-;/m1./s1. The largest absolute Gasteiger partial charge is 2.00 e. The maximum Gasteiger partial charge on any atom is 2.00 e. The van der Waals surface area contributed by atoms with E-state index in [9.17, 15) is 24.3 Å². The van der Waals surface area contributed by atoms with Crippen molar-refractivity contribution in [1.29, 1.82) is 0 Å². The number of para-hydroxylation sites is 2. The first-order chi connectivity index (χ1) is 19.3. The van der Waals surface area contributed by atoms with Crippen LogP contribution in [0.2, 0.25) is 0 Å². The minimum absolute atomic E-state index is 0. The number of fused-ring (bicyclic) bond motifs is 1. The molecule has 0 aromatic heterocycles. The van der Waals surface area contributed by atoms with Crippen LogP contribution in [-0.4, -0.2) is 86.6 Å².